The van der Waals surface area contributed by atoms with E-state index in [4.69, 9.17) is 5.73 Å². The highest BCUT2D eigenvalue weighted by atomic mass is 15.1. The topological polar surface area (TPSA) is 101 Å². The van der Waals surface area contributed by atoms with Crippen molar-refractivity contribution < 1.29 is 0 Å². The third-order valence-electron chi connectivity index (χ3n) is 5.05. The standard InChI is InChI=1S/C19H17N5/c1-24-8-7-14-15(9-20)18(23)19(11-21,12-22)17(16(14)10-24)13-5-3-2-4-6-13/h2-8,16-18H,10,23H2,1H3/t16-,17+,18-/m0/s1. The fraction of sp³-hybridized carbons (Fsp3) is 0.316. The van der Waals surface area contributed by atoms with E-state index in [9.17, 15) is 15.8 Å². The van der Waals surface area contributed by atoms with Gasteiger partial charge in [-0.3, -0.25) is 0 Å². The fourth-order valence-electron chi connectivity index (χ4n) is 3.89. The molecular formula is C19H17N5. The quantitative estimate of drug-likeness (QED) is 0.854. The van der Waals surface area contributed by atoms with Crippen molar-refractivity contribution in [3.05, 3.63) is 59.3 Å². The predicted molar refractivity (Wildman–Crippen MR) is 88.7 cm³/mol. The van der Waals surface area contributed by atoms with Gasteiger partial charge in [-0.15, -0.1) is 0 Å². The zero-order valence-electron chi connectivity index (χ0n) is 13.3. The van der Waals surface area contributed by atoms with Gasteiger partial charge >= 0.3 is 0 Å². The molecule has 1 aromatic carbocycles. The highest BCUT2D eigenvalue weighted by Gasteiger charge is 2.55. The summed E-state index contributed by atoms with van der Waals surface area (Å²) in [7, 11) is 1.94. The first-order valence-corrected chi connectivity index (χ1v) is 7.74. The summed E-state index contributed by atoms with van der Waals surface area (Å²) in [5.41, 5.74) is 6.92. The van der Waals surface area contributed by atoms with Crippen LogP contribution in [0.15, 0.2) is 53.8 Å². The molecule has 0 unspecified atom stereocenters. The maximum absolute atomic E-state index is 9.90. The van der Waals surface area contributed by atoms with Crippen molar-refractivity contribution in [2.45, 2.75) is 12.0 Å². The third-order valence-corrected chi connectivity index (χ3v) is 5.05. The van der Waals surface area contributed by atoms with Crippen molar-refractivity contribution >= 4 is 0 Å². The summed E-state index contributed by atoms with van der Waals surface area (Å²) in [6.45, 7) is 0.633. The molecule has 0 radical (unpaired) electrons. The average Bonchev–Trinajstić information content (AvgIpc) is 2.62. The van der Waals surface area contributed by atoms with E-state index < -0.39 is 11.5 Å². The molecule has 0 fully saturated rings. The number of hydrogen-bond donors (Lipinski definition) is 1. The van der Waals surface area contributed by atoms with Gasteiger partial charge in [0.15, 0.2) is 5.41 Å². The first kappa shape index (κ1) is 15.8. The van der Waals surface area contributed by atoms with Crippen molar-refractivity contribution in [2.75, 3.05) is 13.6 Å². The summed E-state index contributed by atoms with van der Waals surface area (Å²) in [6.07, 6.45) is 3.80. The lowest BCUT2D eigenvalue weighted by molar-refractivity contribution is 0.229. The molecule has 3 atom stereocenters. The van der Waals surface area contributed by atoms with E-state index in [0.29, 0.717) is 12.1 Å². The van der Waals surface area contributed by atoms with E-state index in [-0.39, 0.29) is 11.8 Å². The molecule has 3 rings (SSSR count). The molecule has 24 heavy (non-hydrogen) atoms. The Kier molecular flexibility index (Phi) is 3.86. The minimum Gasteiger partial charge on any atom is -0.380 e. The predicted octanol–water partition coefficient (Wildman–Crippen LogP) is 2.04. The van der Waals surface area contributed by atoms with Gasteiger partial charge in [0.25, 0.3) is 0 Å². The van der Waals surface area contributed by atoms with E-state index >= 15 is 0 Å². The average molecular weight is 315 g/mol. The Morgan fingerprint density at radius 3 is 2.42 bits per heavy atom. The van der Waals surface area contributed by atoms with Gasteiger partial charge in [-0.1, -0.05) is 30.3 Å². The first-order valence-electron chi connectivity index (χ1n) is 7.74. The van der Waals surface area contributed by atoms with Gasteiger partial charge < -0.3 is 10.6 Å². The fourth-order valence-corrected chi connectivity index (χ4v) is 3.89. The lowest BCUT2D eigenvalue weighted by Gasteiger charge is -2.46. The molecule has 1 aliphatic heterocycles. The summed E-state index contributed by atoms with van der Waals surface area (Å²) in [5, 5.41) is 29.4. The van der Waals surface area contributed by atoms with Crippen molar-refractivity contribution in [3.63, 3.8) is 0 Å². The van der Waals surface area contributed by atoms with Crippen LogP contribution in [-0.4, -0.2) is 24.5 Å². The van der Waals surface area contributed by atoms with Crippen LogP contribution in [0.4, 0.5) is 0 Å². The van der Waals surface area contributed by atoms with Crippen LogP contribution < -0.4 is 5.73 Å². The van der Waals surface area contributed by atoms with Gasteiger partial charge in [0.05, 0.1) is 29.8 Å². The minimum absolute atomic E-state index is 0.129. The van der Waals surface area contributed by atoms with Crippen LogP contribution in [0, 0.1) is 45.3 Å². The smallest absolute Gasteiger partial charge is 0.170 e. The minimum atomic E-state index is -1.47. The molecule has 0 amide bonds. The maximum Gasteiger partial charge on any atom is 0.170 e. The molecule has 118 valence electrons. The molecule has 5 nitrogen and oxygen atoms in total. The molecule has 1 aromatic rings. The number of allylic oxidation sites excluding steroid dienone is 1. The summed E-state index contributed by atoms with van der Waals surface area (Å²) in [6, 6.07) is 15.1. The molecule has 2 N–H and O–H groups in total. The molecule has 5 heteroatoms. The highest BCUT2D eigenvalue weighted by molar-refractivity contribution is 5.53. The Balaban J connectivity index is 2.31. The van der Waals surface area contributed by atoms with Crippen LogP contribution in [0.1, 0.15) is 11.5 Å². The second-order valence-electron chi connectivity index (χ2n) is 6.30. The first-order chi connectivity index (χ1) is 11.6. The van der Waals surface area contributed by atoms with Gasteiger partial charge in [-0.25, -0.2) is 0 Å². The lowest BCUT2D eigenvalue weighted by atomic mass is 9.56. The van der Waals surface area contributed by atoms with E-state index in [1.54, 1.807) is 0 Å². The van der Waals surface area contributed by atoms with Crippen molar-refractivity contribution in [1.29, 1.82) is 15.8 Å². The molecule has 2 aliphatic rings. The van der Waals surface area contributed by atoms with Crippen molar-refractivity contribution in [1.82, 2.24) is 4.90 Å². The second-order valence-corrected chi connectivity index (χ2v) is 6.30. The molecule has 0 saturated heterocycles. The van der Waals surface area contributed by atoms with Gasteiger partial charge in [-0.05, 0) is 23.4 Å². The highest BCUT2D eigenvalue weighted by Crippen LogP contribution is 2.52. The van der Waals surface area contributed by atoms with Crippen LogP contribution in [0.25, 0.3) is 0 Å². The molecule has 0 aromatic heterocycles. The molecule has 0 spiro atoms. The third kappa shape index (κ3) is 2.09. The number of benzene rings is 1. The molecular weight excluding hydrogens is 298 g/mol. The SMILES string of the molecule is CN1C=CC2=C(C#N)[C@H](N)C(C#N)(C#N)[C@H](c3ccccc3)[C@H]2C1. The monoisotopic (exact) mass is 315 g/mol. The van der Waals surface area contributed by atoms with Crippen LogP contribution in [-0.2, 0) is 0 Å². The van der Waals surface area contributed by atoms with E-state index in [0.717, 1.165) is 11.1 Å². The van der Waals surface area contributed by atoms with Gasteiger partial charge in [-0.2, -0.15) is 15.8 Å². The van der Waals surface area contributed by atoms with Crippen LogP contribution in [0.5, 0.6) is 0 Å². The lowest BCUT2D eigenvalue weighted by Crippen LogP contribution is -2.53. The Morgan fingerprint density at radius 1 is 1.17 bits per heavy atom. The molecule has 0 bridgehead atoms. The van der Waals surface area contributed by atoms with Crippen LogP contribution >= 0.6 is 0 Å². The number of rotatable bonds is 1. The van der Waals surface area contributed by atoms with E-state index in [2.05, 4.69) is 18.2 Å². The molecule has 1 heterocycles. The zero-order valence-corrected chi connectivity index (χ0v) is 13.3. The maximum atomic E-state index is 9.90. The van der Waals surface area contributed by atoms with Crippen LogP contribution in [0.3, 0.4) is 0 Å². The van der Waals surface area contributed by atoms with Crippen molar-refractivity contribution in [3.8, 4) is 18.2 Å². The number of nitrogens with zero attached hydrogens (tertiary/aromatic N) is 4. The number of hydrogen-bond acceptors (Lipinski definition) is 5. The normalized spacial score (nSPS) is 27.6. The Bertz CT molecular complexity index is 817. The summed E-state index contributed by atoms with van der Waals surface area (Å²) < 4.78 is 0. The van der Waals surface area contributed by atoms with Gasteiger partial charge in [0, 0.05) is 25.4 Å². The molecule has 1 aliphatic carbocycles. The van der Waals surface area contributed by atoms with Gasteiger partial charge in [0.2, 0.25) is 0 Å². The van der Waals surface area contributed by atoms with Crippen molar-refractivity contribution in [2.24, 2.45) is 17.1 Å². The summed E-state index contributed by atoms with van der Waals surface area (Å²) >= 11 is 0. The van der Waals surface area contributed by atoms with Crippen LogP contribution in [0.2, 0.25) is 0 Å². The molecule has 0 saturated carbocycles. The Hall–Kier alpha value is -3.07. The van der Waals surface area contributed by atoms with E-state index in [1.165, 1.54) is 0 Å². The Labute approximate surface area is 141 Å². The van der Waals surface area contributed by atoms with Gasteiger partial charge in [0.1, 0.15) is 0 Å². The van der Waals surface area contributed by atoms with E-state index in [1.807, 2.05) is 54.6 Å². The zero-order chi connectivity index (χ0) is 17.3. The number of nitrogens with two attached hydrogens (primary N) is 1. The largest absolute Gasteiger partial charge is 0.380 e. The number of nitriles is 3. The summed E-state index contributed by atoms with van der Waals surface area (Å²) in [5.74, 6) is -0.514. The summed E-state index contributed by atoms with van der Waals surface area (Å²) in [4.78, 5) is 2.01. The Morgan fingerprint density at radius 2 is 1.83 bits per heavy atom. The second kappa shape index (κ2) is 5.85. The number of fused-ring (bicyclic) bond motifs is 1.